The molecule has 0 heterocycles. The molecule has 0 saturated heterocycles. The molecule has 0 saturated carbocycles. The Kier molecular flexibility index (Phi) is 4.66. The Balaban J connectivity index is 2.03. The molecular formula is C14H12ClIN2O. The molecule has 0 aromatic heterocycles. The van der Waals surface area contributed by atoms with E-state index < -0.39 is 0 Å². The standard InChI is InChI=1S/C14H12ClIN2O/c1-9-2-5-11(6-3-9)17-14(19)18-13-7-4-10(15)8-12(13)16/h2-8H,1H3,(H2,17,18,19). The van der Waals surface area contributed by atoms with Crippen LogP contribution in [0.3, 0.4) is 0 Å². The van der Waals surface area contributed by atoms with Crippen molar-refractivity contribution in [3.8, 4) is 0 Å². The third-order valence-electron chi connectivity index (χ3n) is 2.49. The van der Waals surface area contributed by atoms with Crippen LogP contribution in [0.4, 0.5) is 16.2 Å². The summed E-state index contributed by atoms with van der Waals surface area (Å²) in [7, 11) is 0. The summed E-state index contributed by atoms with van der Waals surface area (Å²) in [5.74, 6) is 0. The summed E-state index contributed by atoms with van der Waals surface area (Å²) in [4.78, 5) is 11.8. The molecule has 0 radical (unpaired) electrons. The minimum Gasteiger partial charge on any atom is -0.308 e. The average molecular weight is 387 g/mol. The molecule has 19 heavy (non-hydrogen) atoms. The maximum absolute atomic E-state index is 11.8. The van der Waals surface area contributed by atoms with Gasteiger partial charge in [0.05, 0.1) is 5.69 Å². The molecule has 2 aromatic carbocycles. The monoisotopic (exact) mass is 386 g/mol. The van der Waals surface area contributed by atoms with E-state index in [9.17, 15) is 4.79 Å². The summed E-state index contributed by atoms with van der Waals surface area (Å²) >= 11 is 7.99. The molecule has 0 unspecified atom stereocenters. The van der Waals surface area contributed by atoms with Gasteiger partial charge < -0.3 is 10.6 Å². The van der Waals surface area contributed by atoms with Gasteiger partial charge in [-0.25, -0.2) is 4.79 Å². The van der Waals surface area contributed by atoms with Gasteiger partial charge in [0, 0.05) is 14.3 Å². The average Bonchev–Trinajstić information content (AvgIpc) is 2.36. The fraction of sp³-hybridized carbons (Fsp3) is 0.0714. The second kappa shape index (κ2) is 6.25. The molecule has 0 fully saturated rings. The first kappa shape index (κ1) is 14.1. The van der Waals surface area contributed by atoms with Gasteiger partial charge in [-0.2, -0.15) is 0 Å². The highest BCUT2D eigenvalue weighted by atomic mass is 127. The van der Waals surface area contributed by atoms with Crippen molar-refractivity contribution in [1.82, 2.24) is 0 Å². The lowest BCUT2D eigenvalue weighted by Crippen LogP contribution is -2.19. The molecule has 2 N–H and O–H groups in total. The smallest absolute Gasteiger partial charge is 0.308 e. The van der Waals surface area contributed by atoms with Crippen LogP contribution in [-0.2, 0) is 0 Å². The van der Waals surface area contributed by atoms with E-state index in [0.717, 1.165) is 20.5 Å². The summed E-state index contributed by atoms with van der Waals surface area (Å²) in [5.41, 5.74) is 2.64. The number of anilines is 2. The van der Waals surface area contributed by atoms with Crippen LogP contribution in [-0.4, -0.2) is 6.03 Å². The number of aryl methyl sites for hydroxylation is 1. The van der Waals surface area contributed by atoms with Gasteiger partial charge in [-0.05, 0) is 59.8 Å². The maximum atomic E-state index is 11.8. The highest BCUT2D eigenvalue weighted by molar-refractivity contribution is 14.1. The van der Waals surface area contributed by atoms with Crippen LogP contribution in [0.2, 0.25) is 5.02 Å². The molecule has 0 atom stereocenters. The summed E-state index contributed by atoms with van der Waals surface area (Å²) in [5, 5.41) is 6.20. The van der Waals surface area contributed by atoms with Crippen LogP contribution in [0.25, 0.3) is 0 Å². The largest absolute Gasteiger partial charge is 0.323 e. The van der Waals surface area contributed by atoms with E-state index in [0.29, 0.717) is 5.02 Å². The van der Waals surface area contributed by atoms with E-state index in [1.807, 2.05) is 31.2 Å². The molecule has 2 amide bonds. The van der Waals surface area contributed by atoms with Crippen molar-refractivity contribution < 1.29 is 4.79 Å². The fourth-order valence-corrected chi connectivity index (χ4v) is 2.52. The first-order chi connectivity index (χ1) is 9.04. The van der Waals surface area contributed by atoms with E-state index in [-0.39, 0.29) is 6.03 Å². The minimum absolute atomic E-state index is 0.274. The Morgan fingerprint density at radius 2 is 1.79 bits per heavy atom. The quantitative estimate of drug-likeness (QED) is 0.708. The molecule has 2 rings (SSSR count). The summed E-state index contributed by atoms with van der Waals surface area (Å²) < 4.78 is 0.893. The summed E-state index contributed by atoms with van der Waals surface area (Å²) in [6.45, 7) is 2.00. The van der Waals surface area contributed by atoms with Gasteiger partial charge in [0.25, 0.3) is 0 Å². The molecule has 3 nitrogen and oxygen atoms in total. The van der Waals surface area contributed by atoms with Gasteiger partial charge in [-0.15, -0.1) is 0 Å². The predicted octanol–water partition coefficient (Wildman–Crippen LogP) is 4.90. The number of amides is 2. The Morgan fingerprint density at radius 1 is 1.11 bits per heavy atom. The number of carbonyl (C=O) groups excluding carboxylic acids is 1. The number of hydrogen-bond donors (Lipinski definition) is 2. The van der Waals surface area contributed by atoms with Crippen molar-refractivity contribution in [2.45, 2.75) is 6.92 Å². The lowest BCUT2D eigenvalue weighted by molar-refractivity contribution is 0.262. The van der Waals surface area contributed by atoms with Crippen LogP contribution in [0, 0.1) is 10.5 Å². The highest BCUT2D eigenvalue weighted by Gasteiger charge is 2.06. The highest BCUT2D eigenvalue weighted by Crippen LogP contribution is 2.22. The van der Waals surface area contributed by atoms with Crippen molar-refractivity contribution in [2.24, 2.45) is 0 Å². The van der Waals surface area contributed by atoms with Gasteiger partial charge in [0.15, 0.2) is 0 Å². The Morgan fingerprint density at radius 3 is 2.42 bits per heavy atom. The Hall–Kier alpha value is -1.27. The molecule has 2 aromatic rings. The van der Waals surface area contributed by atoms with Crippen molar-refractivity contribution in [3.63, 3.8) is 0 Å². The number of urea groups is 1. The van der Waals surface area contributed by atoms with Crippen LogP contribution < -0.4 is 10.6 Å². The molecule has 5 heteroatoms. The molecule has 98 valence electrons. The van der Waals surface area contributed by atoms with E-state index in [1.54, 1.807) is 18.2 Å². The minimum atomic E-state index is -0.274. The molecule has 0 aliphatic rings. The lowest BCUT2D eigenvalue weighted by Gasteiger charge is -2.09. The number of halogens is 2. The Labute approximate surface area is 130 Å². The zero-order valence-electron chi connectivity index (χ0n) is 10.2. The molecular weight excluding hydrogens is 375 g/mol. The molecule has 0 aliphatic carbocycles. The first-order valence-electron chi connectivity index (χ1n) is 5.64. The van der Waals surface area contributed by atoms with Gasteiger partial charge in [0.1, 0.15) is 0 Å². The van der Waals surface area contributed by atoms with Crippen LogP contribution in [0.5, 0.6) is 0 Å². The number of hydrogen-bond acceptors (Lipinski definition) is 1. The van der Waals surface area contributed by atoms with Gasteiger partial charge in [-0.1, -0.05) is 29.3 Å². The molecule has 0 bridgehead atoms. The van der Waals surface area contributed by atoms with Crippen LogP contribution in [0.15, 0.2) is 42.5 Å². The van der Waals surface area contributed by atoms with E-state index in [1.165, 1.54) is 0 Å². The zero-order valence-corrected chi connectivity index (χ0v) is 13.1. The van der Waals surface area contributed by atoms with Crippen molar-refractivity contribution in [1.29, 1.82) is 0 Å². The number of carbonyl (C=O) groups is 1. The van der Waals surface area contributed by atoms with E-state index >= 15 is 0 Å². The topological polar surface area (TPSA) is 41.1 Å². The molecule has 0 aliphatic heterocycles. The predicted molar refractivity (Wildman–Crippen MR) is 88.0 cm³/mol. The number of nitrogens with one attached hydrogen (secondary N) is 2. The van der Waals surface area contributed by atoms with Gasteiger partial charge in [0.2, 0.25) is 0 Å². The van der Waals surface area contributed by atoms with E-state index in [2.05, 4.69) is 33.2 Å². The summed E-state index contributed by atoms with van der Waals surface area (Å²) in [6.07, 6.45) is 0. The van der Waals surface area contributed by atoms with Crippen molar-refractivity contribution in [2.75, 3.05) is 10.6 Å². The first-order valence-corrected chi connectivity index (χ1v) is 7.10. The second-order valence-corrected chi connectivity index (χ2v) is 5.67. The fourth-order valence-electron chi connectivity index (χ4n) is 1.51. The lowest BCUT2D eigenvalue weighted by atomic mass is 10.2. The number of rotatable bonds is 2. The number of benzene rings is 2. The molecule has 0 spiro atoms. The second-order valence-electron chi connectivity index (χ2n) is 4.07. The maximum Gasteiger partial charge on any atom is 0.323 e. The van der Waals surface area contributed by atoms with Gasteiger partial charge in [-0.3, -0.25) is 0 Å². The van der Waals surface area contributed by atoms with E-state index in [4.69, 9.17) is 11.6 Å². The van der Waals surface area contributed by atoms with Crippen LogP contribution in [0.1, 0.15) is 5.56 Å². The van der Waals surface area contributed by atoms with Crippen molar-refractivity contribution in [3.05, 3.63) is 56.6 Å². The zero-order chi connectivity index (χ0) is 13.8. The third-order valence-corrected chi connectivity index (χ3v) is 3.62. The third kappa shape index (κ3) is 4.11. The Bertz CT molecular complexity index is 599. The van der Waals surface area contributed by atoms with Crippen LogP contribution >= 0.6 is 34.2 Å². The SMILES string of the molecule is Cc1ccc(NC(=O)Nc2ccc(Cl)cc2I)cc1. The normalized spacial score (nSPS) is 10.1. The van der Waals surface area contributed by atoms with Crippen molar-refractivity contribution >= 4 is 51.6 Å². The van der Waals surface area contributed by atoms with Gasteiger partial charge >= 0.3 is 6.03 Å². The summed E-state index contributed by atoms with van der Waals surface area (Å²) in [6, 6.07) is 12.7.